The van der Waals surface area contributed by atoms with E-state index in [0.717, 1.165) is 21.7 Å². The van der Waals surface area contributed by atoms with Crippen molar-refractivity contribution in [1.82, 2.24) is 15.2 Å². The molecule has 148 valence electrons. The molecular formula is C19H24F3N3OS. The van der Waals surface area contributed by atoms with Gasteiger partial charge in [-0.1, -0.05) is 23.8 Å². The van der Waals surface area contributed by atoms with Crippen molar-refractivity contribution in [1.29, 1.82) is 0 Å². The molecule has 0 aliphatic rings. The Balaban J connectivity index is 1.93. The van der Waals surface area contributed by atoms with Crippen molar-refractivity contribution in [2.75, 3.05) is 26.7 Å². The summed E-state index contributed by atoms with van der Waals surface area (Å²) in [6, 6.07) is 6.08. The zero-order valence-electron chi connectivity index (χ0n) is 15.9. The van der Waals surface area contributed by atoms with Crippen molar-refractivity contribution < 1.29 is 18.0 Å². The van der Waals surface area contributed by atoms with Gasteiger partial charge in [0.1, 0.15) is 9.88 Å². The lowest BCUT2D eigenvalue weighted by molar-refractivity contribution is -0.143. The van der Waals surface area contributed by atoms with Crippen molar-refractivity contribution in [2.45, 2.75) is 33.4 Å². The lowest BCUT2D eigenvalue weighted by Gasteiger charge is -2.18. The molecule has 0 aliphatic carbocycles. The third kappa shape index (κ3) is 6.32. The number of thiazole rings is 1. The second-order valence-electron chi connectivity index (χ2n) is 6.71. The summed E-state index contributed by atoms with van der Waals surface area (Å²) in [6.45, 7) is 5.45. The zero-order chi connectivity index (χ0) is 20.2. The molecule has 1 amide bonds. The molecule has 0 spiro atoms. The zero-order valence-corrected chi connectivity index (χ0v) is 16.7. The largest absolute Gasteiger partial charge is 0.401 e. The summed E-state index contributed by atoms with van der Waals surface area (Å²) >= 11 is 1.33. The molecule has 0 unspecified atom stereocenters. The van der Waals surface area contributed by atoms with E-state index in [1.807, 2.05) is 26.0 Å². The van der Waals surface area contributed by atoms with Crippen molar-refractivity contribution in [3.05, 3.63) is 39.9 Å². The molecule has 0 aliphatic heterocycles. The van der Waals surface area contributed by atoms with Crippen LogP contribution in [0.3, 0.4) is 0 Å². The fraction of sp³-hybridized carbons (Fsp3) is 0.474. The third-order valence-corrected chi connectivity index (χ3v) is 5.26. The molecule has 27 heavy (non-hydrogen) atoms. The number of aryl methyl sites for hydroxylation is 3. The van der Waals surface area contributed by atoms with Crippen LogP contribution in [-0.4, -0.2) is 48.6 Å². The van der Waals surface area contributed by atoms with Crippen LogP contribution in [0, 0.1) is 20.8 Å². The molecule has 2 rings (SSSR count). The summed E-state index contributed by atoms with van der Waals surface area (Å²) < 4.78 is 36.9. The van der Waals surface area contributed by atoms with Crippen molar-refractivity contribution in [3.63, 3.8) is 0 Å². The van der Waals surface area contributed by atoms with E-state index in [9.17, 15) is 18.0 Å². The summed E-state index contributed by atoms with van der Waals surface area (Å²) in [4.78, 5) is 18.6. The number of aromatic nitrogens is 1. The number of rotatable bonds is 7. The van der Waals surface area contributed by atoms with Crippen LogP contribution in [0.2, 0.25) is 0 Å². The Hall–Kier alpha value is -1.93. The lowest BCUT2D eigenvalue weighted by atomic mass is 10.1. The summed E-state index contributed by atoms with van der Waals surface area (Å²) in [5.41, 5.74) is 3.92. The second-order valence-corrected chi connectivity index (χ2v) is 7.71. The van der Waals surface area contributed by atoms with E-state index in [1.165, 1.54) is 23.3 Å². The molecule has 0 saturated heterocycles. The summed E-state index contributed by atoms with van der Waals surface area (Å²) in [7, 11) is 1.42. The van der Waals surface area contributed by atoms with Crippen LogP contribution in [0.15, 0.2) is 18.2 Å². The smallest absolute Gasteiger partial charge is 0.351 e. The van der Waals surface area contributed by atoms with E-state index in [-0.39, 0.29) is 12.5 Å². The van der Waals surface area contributed by atoms with Crippen LogP contribution in [0.4, 0.5) is 13.2 Å². The molecule has 4 nitrogen and oxygen atoms in total. The summed E-state index contributed by atoms with van der Waals surface area (Å²) in [5, 5.41) is 3.56. The number of benzene rings is 1. The molecule has 1 heterocycles. The highest BCUT2D eigenvalue weighted by Gasteiger charge is 2.28. The predicted molar refractivity (Wildman–Crippen MR) is 102 cm³/mol. The predicted octanol–water partition coefficient (Wildman–Crippen LogP) is 4.35. The number of halogens is 3. The number of amides is 1. The number of hydrogen-bond acceptors (Lipinski definition) is 4. The monoisotopic (exact) mass is 399 g/mol. The first-order valence-electron chi connectivity index (χ1n) is 8.65. The number of nitrogens with zero attached hydrogens (tertiary/aromatic N) is 2. The van der Waals surface area contributed by atoms with Gasteiger partial charge in [-0.05, 0) is 46.3 Å². The van der Waals surface area contributed by atoms with E-state index in [2.05, 4.69) is 16.4 Å². The highest BCUT2D eigenvalue weighted by molar-refractivity contribution is 7.17. The highest BCUT2D eigenvalue weighted by atomic mass is 32.1. The Kier molecular flexibility index (Phi) is 7.00. The molecule has 0 saturated carbocycles. The number of carbonyl (C=O) groups excluding carboxylic acids is 1. The van der Waals surface area contributed by atoms with E-state index in [4.69, 9.17) is 0 Å². The van der Waals surface area contributed by atoms with Crippen molar-refractivity contribution in [2.24, 2.45) is 0 Å². The molecular weight excluding hydrogens is 375 g/mol. The van der Waals surface area contributed by atoms with Gasteiger partial charge in [0.15, 0.2) is 0 Å². The van der Waals surface area contributed by atoms with Crippen LogP contribution in [0.25, 0.3) is 10.6 Å². The molecule has 0 radical (unpaired) electrons. The third-order valence-electron chi connectivity index (χ3n) is 4.07. The Labute approximate surface area is 161 Å². The average Bonchev–Trinajstić information content (AvgIpc) is 2.91. The minimum absolute atomic E-state index is 0.237. The van der Waals surface area contributed by atoms with Gasteiger partial charge in [-0.15, -0.1) is 11.3 Å². The molecule has 0 atom stereocenters. The Morgan fingerprint density at radius 3 is 2.59 bits per heavy atom. The molecule has 0 fully saturated rings. The van der Waals surface area contributed by atoms with Crippen LogP contribution in [-0.2, 0) is 0 Å². The van der Waals surface area contributed by atoms with E-state index in [1.54, 1.807) is 6.92 Å². The second kappa shape index (κ2) is 8.84. The van der Waals surface area contributed by atoms with Gasteiger partial charge in [0, 0.05) is 12.1 Å². The van der Waals surface area contributed by atoms with Gasteiger partial charge in [-0.25, -0.2) is 4.98 Å². The van der Waals surface area contributed by atoms with Gasteiger partial charge >= 0.3 is 6.18 Å². The van der Waals surface area contributed by atoms with E-state index in [0.29, 0.717) is 23.5 Å². The van der Waals surface area contributed by atoms with Crippen molar-refractivity contribution in [3.8, 4) is 10.6 Å². The molecule has 8 heteroatoms. The van der Waals surface area contributed by atoms with E-state index < -0.39 is 12.7 Å². The topological polar surface area (TPSA) is 45.2 Å². The highest BCUT2D eigenvalue weighted by Crippen LogP contribution is 2.30. The maximum atomic E-state index is 12.4. The van der Waals surface area contributed by atoms with E-state index >= 15 is 0 Å². The quantitative estimate of drug-likeness (QED) is 0.704. The number of alkyl halides is 3. The molecule has 2 aromatic rings. The first-order chi connectivity index (χ1) is 12.6. The van der Waals surface area contributed by atoms with Crippen molar-refractivity contribution >= 4 is 17.2 Å². The average molecular weight is 399 g/mol. The molecule has 1 aromatic carbocycles. The van der Waals surface area contributed by atoms with Gasteiger partial charge in [0.25, 0.3) is 5.91 Å². The minimum Gasteiger partial charge on any atom is -0.351 e. The Morgan fingerprint density at radius 2 is 1.96 bits per heavy atom. The number of carbonyl (C=O) groups is 1. The number of hydrogen-bond donors (Lipinski definition) is 1. The Bertz CT molecular complexity index is 802. The van der Waals surface area contributed by atoms with Crippen LogP contribution in [0.5, 0.6) is 0 Å². The molecule has 1 N–H and O–H groups in total. The van der Waals surface area contributed by atoms with Crippen LogP contribution < -0.4 is 5.32 Å². The first-order valence-corrected chi connectivity index (χ1v) is 9.47. The van der Waals surface area contributed by atoms with Gasteiger partial charge < -0.3 is 5.32 Å². The van der Waals surface area contributed by atoms with Crippen LogP contribution >= 0.6 is 11.3 Å². The fourth-order valence-electron chi connectivity index (χ4n) is 2.79. The lowest BCUT2D eigenvalue weighted by Crippen LogP contribution is -2.33. The first kappa shape index (κ1) is 21.4. The maximum absolute atomic E-state index is 12.4. The van der Waals surface area contributed by atoms with Gasteiger partial charge in [-0.3, -0.25) is 9.69 Å². The summed E-state index contributed by atoms with van der Waals surface area (Å²) in [6.07, 6.45) is -3.76. The van der Waals surface area contributed by atoms with Crippen LogP contribution in [0.1, 0.15) is 32.9 Å². The Morgan fingerprint density at radius 1 is 1.26 bits per heavy atom. The SMILES string of the molecule is Cc1ccc(-c2nc(C)c(C(=O)NCCCN(C)CC(F)(F)F)s2)c(C)c1. The normalized spacial score (nSPS) is 11.9. The maximum Gasteiger partial charge on any atom is 0.401 e. The molecule has 0 bridgehead atoms. The van der Waals surface area contributed by atoms with Gasteiger partial charge in [0.05, 0.1) is 12.2 Å². The van der Waals surface area contributed by atoms with Gasteiger partial charge in [-0.2, -0.15) is 13.2 Å². The van der Waals surface area contributed by atoms with Gasteiger partial charge in [0.2, 0.25) is 0 Å². The number of nitrogens with one attached hydrogen (secondary N) is 1. The fourth-order valence-corrected chi connectivity index (χ4v) is 3.87. The molecule has 1 aromatic heterocycles. The standard InChI is InChI=1S/C19H24F3N3OS/c1-12-6-7-15(13(2)10-12)18-24-14(3)16(27-18)17(26)23-8-5-9-25(4)11-19(20,21)22/h6-7,10H,5,8-9,11H2,1-4H3,(H,23,26). The minimum atomic E-state index is -4.21. The summed E-state index contributed by atoms with van der Waals surface area (Å²) in [5.74, 6) is -0.237.